The van der Waals surface area contributed by atoms with Gasteiger partial charge in [-0.05, 0) is 25.2 Å². The van der Waals surface area contributed by atoms with Crippen LogP contribution in [-0.2, 0) is 4.79 Å². The molecule has 0 aliphatic carbocycles. The zero-order valence-corrected chi connectivity index (χ0v) is 12.8. The summed E-state index contributed by atoms with van der Waals surface area (Å²) in [4.78, 5) is 27.0. The van der Waals surface area contributed by atoms with Crippen LogP contribution < -0.4 is 5.32 Å². The van der Waals surface area contributed by atoms with Gasteiger partial charge >= 0.3 is 5.97 Å². The number of nitrogens with one attached hydrogen (secondary N) is 1. The van der Waals surface area contributed by atoms with Gasteiger partial charge in [0.25, 0.3) is 5.91 Å². The number of anilines is 1. The number of hydrogen-bond acceptors (Lipinski definition) is 5. The van der Waals surface area contributed by atoms with Gasteiger partial charge in [0.15, 0.2) is 0 Å². The highest BCUT2D eigenvalue weighted by molar-refractivity contribution is 5.97. The van der Waals surface area contributed by atoms with Crippen molar-refractivity contribution in [3.05, 3.63) is 41.6 Å². The van der Waals surface area contributed by atoms with Crippen molar-refractivity contribution in [2.45, 2.75) is 0 Å². The number of benzene rings is 1. The number of amides is 1. The van der Waals surface area contributed by atoms with Crippen LogP contribution in [0.4, 0.5) is 5.69 Å². The van der Waals surface area contributed by atoms with Gasteiger partial charge < -0.3 is 20.2 Å². The Morgan fingerprint density at radius 2 is 2.00 bits per heavy atom. The Labute approximate surface area is 134 Å². The lowest BCUT2D eigenvalue weighted by atomic mass is 10.2. The minimum atomic E-state index is -1.04. The molecule has 7 heteroatoms. The molecule has 0 aromatic heterocycles. The second-order valence-corrected chi connectivity index (χ2v) is 5.30. The van der Waals surface area contributed by atoms with Gasteiger partial charge in [0.05, 0.1) is 5.56 Å². The van der Waals surface area contributed by atoms with Gasteiger partial charge in [-0.3, -0.25) is 4.79 Å². The van der Waals surface area contributed by atoms with Crippen LogP contribution in [0.15, 0.2) is 36.0 Å². The van der Waals surface area contributed by atoms with Crippen molar-refractivity contribution < 1.29 is 14.7 Å². The molecule has 1 saturated heterocycles. The van der Waals surface area contributed by atoms with E-state index in [4.69, 9.17) is 5.11 Å². The van der Waals surface area contributed by atoms with Crippen molar-refractivity contribution in [3.63, 3.8) is 0 Å². The van der Waals surface area contributed by atoms with Crippen LogP contribution in [0.5, 0.6) is 0 Å². The second-order valence-electron chi connectivity index (χ2n) is 5.30. The van der Waals surface area contributed by atoms with E-state index in [1.165, 1.54) is 18.3 Å². The largest absolute Gasteiger partial charge is 0.478 e. The molecule has 0 saturated carbocycles. The number of likely N-dealkylation sites (N-methyl/N-ethyl adjacent to an activating group) is 1. The minimum Gasteiger partial charge on any atom is -0.478 e. The fourth-order valence-electron chi connectivity index (χ4n) is 2.22. The van der Waals surface area contributed by atoms with Crippen LogP contribution in [0.3, 0.4) is 0 Å². The maximum Gasteiger partial charge on any atom is 0.335 e. The Morgan fingerprint density at radius 1 is 1.30 bits per heavy atom. The molecule has 1 aliphatic rings. The normalized spacial score (nSPS) is 15.8. The third kappa shape index (κ3) is 4.31. The Hall–Kier alpha value is -2.85. The summed E-state index contributed by atoms with van der Waals surface area (Å²) in [5.74, 6) is -1.35. The number of nitriles is 1. The lowest BCUT2D eigenvalue weighted by molar-refractivity contribution is -0.128. The minimum absolute atomic E-state index is 0.00437. The zero-order valence-electron chi connectivity index (χ0n) is 12.8. The molecule has 1 aromatic rings. The molecule has 0 unspecified atom stereocenters. The summed E-state index contributed by atoms with van der Waals surface area (Å²) in [6.45, 7) is 2.72. The van der Waals surface area contributed by atoms with E-state index in [1.807, 2.05) is 13.1 Å². The molecule has 1 aliphatic heterocycles. The van der Waals surface area contributed by atoms with Crippen molar-refractivity contribution in [1.82, 2.24) is 9.80 Å². The average Bonchev–Trinajstić information content (AvgIpc) is 2.56. The van der Waals surface area contributed by atoms with Crippen LogP contribution in [0.1, 0.15) is 10.4 Å². The molecule has 120 valence electrons. The summed E-state index contributed by atoms with van der Waals surface area (Å²) in [6, 6.07) is 8.06. The highest BCUT2D eigenvalue weighted by atomic mass is 16.4. The first-order chi connectivity index (χ1) is 11.0. The van der Waals surface area contributed by atoms with Crippen molar-refractivity contribution in [2.24, 2.45) is 0 Å². The number of nitrogens with zero attached hydrogens (tertiary/aromatic N) is 3. The molecule has 2 rings (SSSR count). The SMILES string of the molecule is CN1CCN(C(=O)/C(C#N)=C\Nc2cccc(C(=O)O)c2)CC1. The van der Waals surface area contributed by atoms with Crippen molar-refractivity contribution in [2.75, 3.05) is 38.5 Å². The van der Waals surface area contributed by atoms with E-state index >= 15 is 0 Å². The van der Waals surface area contributed by atoms with Crippen LogP contribution in [0, 0.1) is 11.3 Å². The van der Waals surface area contributed by atoms with Crippen LogP contribution in [-0.4, -0.2) is 60.0 Å². The molecule has 0 atom stereocenters. The third-order valence-corrected chi connectivity index (χ3v) is 3.63. The first-order valence-corrected chi connectivity index (χ1v) is 7.19. The van der Waals surface area contributed by atoms with Gasteiger partial charge in [-0.25, -0.2) is 4.79 Å². The lowest BCUT2D eigenvalue weighted by Crippen LogP contribution is -2.47. The molecule has 1 heterocycles. The molecule has 1 amide bonds. The summed E-state index contributed by atoms with van der Waals surface area (Å²) in [6.07, 6.45) is 1.32. The summed E-state index contributed by atoms with van der Waals surface area (Å²) in [5, 5.41) is 21.0. The Morgan fingerprint density at radius 3 is 2.61 bits per heavy atom. The Balaban J connectivity index is 2.07. The smallest absolute Gasteiger partial charge is 0.335 e. The number of hydrogen-bond donors (Lipinski definition) is 2. The summed E-state index contributed by atoms with van der Waals surface area (Å²) in [5.41, 5.74) is 0.631. The number of rotatable bonds is 4. The van der Waals surface area contributed by atoms with Crippen LogP contribution >= 0.6 is 0 Å². The molecule has 1 fully saturated rings. The van der Waals surface area contributed by atoms with Gasteiger partial charge in [-0.15, -0.1) is 0 Å². The molecular weight excluding hydrogens is 296 g/mol. The van der Waals surface area contributed by atoms with Crippen LogP contribution in [0.25, 0.3) is 0 Å². The third-order valence-electron chi connectivity index (χ3n) is 3.63. The van der Waals surface area contributed by atoms with E-state index in [2.05, 4.69) is 10.2 Å². The molecule has 0 spiro atoms. The molecule has 2 N–H and O–H groups in total. The van der Waals surface area contributed by atoms with E-state index in [0.29, 0.717) is 18.8 Å². The monoisotopic (exact) mass is 314 g/mol. The highest BCUT2D eigenvalue weighted by Crippen LogP contribution is 2.12. The lowest BCUT2D eigenvalue weighted by Gasteiger charge is -2.32. The quantitative estimate of drug-likeness (QED) is 0.635. The van der Waals surface area contributed by atoms with Gasteiger partial charge in [0.2, 0.25) is 0 Å². The van der Waals surface area contributed by atoms with Crippen LogP contribution in [0.2, 0.25) is 0 Å². The number of carboxylic acid groups (broad SMARTS) is 1. The predicted molar refractivity (Wildman–Crippen MR) is 84.8 cm³/mol. The van der Waals surface area contributed by atoms with E-state index in [9.17, 15) is 14.9 Å². The zero-order chi connectivity index (χ0) is 16.8. The number of piperazine rings is 1. The van der Waals surface area contributed by atoms with Crippen molar-refractivity contribution in [3.8, 4) is 6.07 Å². The maximum atomic E-state index is 12.3. The first kappa shape index (κ1) is 16.5. The topological polar surface area (TPSA) is 96.7 Å². The Bertz CT molecular complexity index is 670. The fraction of sp³-hybridized carbons (Fsp3) is 0.312. The standard InChI is InChI=1S/C16H18N4O3/c1-19-5-7-20(8-6-19)15(21)13(10-17)11-18-14-4-2-3-12(9-14)16(22)23/h2-4,9,11,18H,5-8H2,1H3,(H,22,23)/b13-11-. The predicted octanol–water partition coefficient (Wildman–Crippen LogP) is 0.978. The summed E-state index contributed by atoms with van der Waals surface area (Å²) in [7, 11) is 1.99. The maximum absolute atomic E-state index is 12.3. The van der Waals surface area contributed by atoms with Gasteiger partial charge in [0, 0.05) is 38.1 Å². The number of carbonyl (C=O) groups excluding carboxylic acids is 1. The van der Waals surface area contributed by atoms with Gasteiger partial charge in [-0.1, -0.05) is 6.07 Å². The van der Waals surface area contributed by atoms with E-state index in [1.54, 1.807) is 17.0 Å². The molecule has 1 aromatic carbocycles. The molecular formula is C16H18N4O3. The number of carbonyl (C=O) groups is 2. The number of carboxylic acids is 1. The highest BCUT2D eigenvalue weighted by Gasteiger charge is 2.22. The van der Waals surface area contributed by atoms with Crippen molar-refractivity contribution >= 4 is 17.6 Å². The Kier molecular flexibility index (Phi) is 5.33. The summed E-state index contributed by atoms with van der Waals surface area (Å²) >= 11 is 0. The van der Waals surface area contributed by atoms with Gasteiger partial charge in [-0.2, -0.15) is 5.26 Å². The van der Waals surface area contributed by atoms with Crippen molar-refractivity contribution in [1.29, 1.82) is 5.26 Å². The van der Waals surface area contributed by atoms with E-state index < -0.39 is 5.97 Å². The molecule has 0 bridgehead atoms. The second kappa shape index (κ2) is 7.42. The molecule has 23 heavy (non-hydrogen) atoms. The fourth-order valence-corrected chi connectivity index (χ4v) is 2.22. The molecule has 0 radical (unpaired) electrons. The first-order valence-electron chi connectivity index (χ1n) is 7.19. The molecule has 7 nitrogen and oxygen atoms in total. The van der Waals surface area contributed by atoms with Gasteiger partial charge in [0.1, 0.15) is 11.6 Å². The van der Waals surface area contributed by atoms with E-state index in [-0.39, 0.29) is 17.0 Å². The number of aromatic carboxylic acids is 1. The van der Waals surface area contributed by atoms with E-state index in [0.717, 1.165) is 13.1 Å². The summed E-state index contributed by atoms with van der Waals surface area (Å²) < 4.78 is 0. The average molecular weight is 314 g/mol.